The van der Waals surface area contributed by atoms with Crippen molar-refractivity contribution in [3.05, 3.63) is 53.1 Å². The molecule has 0 N–H and O–H groups in total. The summed E-state index contributed by atoms with van der Waals surface area (Å²) in [6.45, 7) is 4.28. The van der Waals surface area contributed by atoms with Crippen LogP contribution in [0.25, 0.3) is 22.7 Å². The number of nitriles is 1. The number of para-hydroxylation sites is 2. The van der Waals surface area contributed by atoms with Gasteiger partial charge in [-0.15, -0.1) is 0 Å². The monoisotopic (exact) mass is 316 g/mol. The Balaban J connectivity index is 1.84. The molecule has 1 fully saturated rings. The summed E-state index contributed by atoms with van der Waals surface area (Å²) in [5, 5.41) is 9.70. The van der Waals surface area contributed by atoms with E-state index >= 15 is 0 Å². The Morgan fingerprint density at radius 3 is 2.71 bits per heavy atom. The Bertz CT molecular complexity index is 1010. The summed E-state index contributed by atoms with van der Waals surface area (Å²) >= 11 is 0. The zero-order valence-corrected chi connectivity index (χ0v) is 14.2. The molecule has 0 atom stereocenters. The van der Waals surface area contributed by atoms with Crippen LogP contribution in [0.15, 0.2) is 30.3 Å². The van der Waals surface area contributed by atoms with E-state index in [9.17, 15) is 5.26 Å². The molecule has 2 aromatic heterocycles. The molecule has 0 spiro atoms. The van der Waals surface area contributed by atoms with Gasteiger partial charge in [-0.25, -0.2) is 4.98 Å². The number of allylic oxidation sites excluding steroid dienone is 1. The SMILES string of the molecule is Cc1cc(C=C(C#N)c2nc3ccccc3n2C)c(C)n1C1CC1. The van der Waals surface area contributed by atoms with E-state index in [0.29, 0.717) is 11.6 Å². The minimum absolute atomic E-state index is 0.602. The van der Waals surface area contributed by atoms with E-state index in [2.05, 4.69) is 35.5 Å². The molecule has 0 aliphatic heterocycles. The van der Waals surface area contributed by atoms with Gasteiger partial charge in [0.05, 0.1) is 16.6 Å². The van der Waals surface area contributed by atoms with Gasteiger partial charge in [-0.2, -0.15) is 5.26 Å². The van der Waals surface area contributed by atoms with E-state index in [-0.39, 0.29) is 0 Å². The molecule has 24 heavy (non-hydrogen) atoms. The Hall–Kier alpha value is -2.80. The van der Waals surface area contributed by atoms with E-state index in [1.807, 2.05) is 42.0 Å². The summed E-state index contributed by atoms with van der Waals surface area (Å²) in [5.74, 6) is 0.718. The molecule has 0 bridgehead atoms. The first kappa shape index (κ1) is 14.8. The molecule has 1 saturated carbocycles. The Morgan fingerprint density at radius 2 is 2.04 bits per heavy atom. The summed E-state index contributed by atoms with van der Waals surface area (Å²) in [6, 6.07) is 13.1. The van der Waals surface area contributed by atoms with E-state index in [4.69, 9.17) is 0 Å². The molecular formula is C20H20N4. The van der Waals surface area contributed by atoms with Gasteiger partial charge in [0.2, 0.25) is 0 Å². The number of hydrogen-bond acceptors (Lipinski definition) is 2. The largest absolute Gasteiger partial charge is 0.346 e. The maximum atomic E-state index is 9.70. The fourth-order valence-corrected chi connectivity index (χ4v) is 3.53. The van der Waals surface area contributed by atoms with Crippen molar-refractivity contribution in [2.24, 2.45) is 7.05 Å². The molecule has 3 aromatic rings. The lowest BCUT2D eigenvalue weighted by Crippen LogP contribution is -1.99. The minimum atomic E-state index is 0.602. The van der Waals surface area contributed by atoms with Gasteiger partial charge in [0.15, 0.2) is 5.82 Å². The van der Waals surface area contributed by atoms with Crippen LogP contribution in [-0.4, -0.2) is 14.1 Å². The zero-order valence-electron chi connectivity index (χ0n) is 14.2. The zero-order chi connectivity index (χ0) is 16.8. The standard InChI is InChI=1S/C20H20N4/c1-13-10-15(14(2)24(13)17-8-9-17)11-16(12-21)20-22-18-6-4-5-7-19(18)23(20)3/h4-7,10-11,17H,8-9H2,1-3H3. The molecule has 1 aliphatic rings. The highest BCUT2D eigenvalue weighted by Gasteiger charge is 2.26. The first-order chi connectivity index (χ1) is 11.6. The highest BCUT2D eigenvalue weighted by atomic mass is 15.1. The molecule has 1 aromatic carbocycles. The van der Waals surface area contributed by atoms with Crippen LogP contribution >= 0.6 is 0 Å². The van der Waals surface area contributed by atoms with Crippen molar-refractivity contribution in [1.29, 1.82) is 5.26 Å². The highest BCUT2D eigenvalue weighted by Crippen LogP contribution is 2.39. The van der Waals surface area contributed by atoms with Crippen molar-refractivity contribution in [3.63, 3.8) is 0 Å². The molecule has 0 radical (unpaired) electrons. The van der Waals surface area contributed by atoms with Crippen LogP contribution in [-0.2, 0) is 7.05 Å². The Labute approximate surface area is 141 Å². The van der Waals surface area contributed by atoms with Crippen LogP contribution in [0.4, 0.5) is 0 Å². The second kappa shape index (κ2) is 5.38. The van der Waals surface area contributed by atoms with Crippen molar-refractivity contribution in [1.82, 2.24) is 14.1 Å². The quantitative estimate of drug-likeness (QED) is 0.673. The minimum Gasteiger partial charge on any atom is -0.346 e. The number of nitrogens with zero attached hydrogens (tertiary/aromatic N) is 4. The van der Waals surface area contributed by atoms with Crippen molar-refractivity contribution < 1.29 is 0 Å². The van der Waals surface area contributed by atoms with Gasteiger partial charge < -0.3 is 9.13 Å². The lowest BCUT2D eigenvalue weighted by atomic mass is 10.1. The normalized spacial score (nSPS) is 15.0. The molecule has 1 aliphatic carbocycles. The van der Waals surface area contributed by atoms with Gasteiger partial charge in [-0.1, -0.05) is 12.1 Å². The van der Waals surface area contributed by atoms with Gasteiger partial charge in [0.1, 0.15) is 6.07 Å². The smallest absolute Gasteiger partial charge is 0.151 e. The molecule has 4 nitrogen and oxygen atoms in total. The topological polar surface area (TPSA) is 46.5 Å². The third-order valence-electron chi connectivity index (χ3n) is 4.88. The number of benzene rings is 1. The maximum Gasteiger partial charge on any atom is 0.151 e. The first-order valence-electron chi connectivity index (χ1n) is 8.32. The number of rotatable bonds is 3. The Kier molecular flexibility index (Phi) is 3.31. The molecule has 4 heteroatoms. The van der Waals surface area contributed by atoms with Crippen LogP contribution < -0.4 is 0 Å². The van der Waals surface area contributed by atoms with Crippen molar-refractivity contribution in [2.75, 3.05) is 0 Å². The fourth-order valence-electron chi connectivity index (χ4n) is 3.53. The van der Waals surface area contributed by atoms with E-state index in [1.54, 1.807) is 0 Å². The van der Waals surface area contributed by atoms with Gasteiger partial charge in [0, 0.05) is 24.5 Å². The van der Waals surface area contributed by atoms with Crippen molar-refractivity contribution in [2.45, 2.75) is 32.7 Å². The molecule has 0 unspecified atom stereocenters. The molecular weight excluding hydrogens is 296 g/mol. The van der Waals surface area contributed by atoms with Gasteiger partial charge in [-0.05, 0) is 56.5 Å². The second-order valence-corrected chi connectivity index (χ2v) is 6.58. The van der Waals surface area contributed by atoms with E-state index in [0.717, 1.165) is 22.4 Å². The summed E-state index contributed by atoms with van der Waals surface area (Å²) in [5.41, 5.74) is 6.18. The third-order valence-corrected chi connectivity index (χ3v) is 4.88. The highest BCUT2D eigenvalue weighted by molar-refractivity contribution is 5.91. The lowest BCUT2D eigenvalue weighted by Gasteiger charge is -2.07. The van der Waals surface area contributed by atoms with Gasteiger partial charge in [-0.3, -0.25) is 0 Å². The average Bonchev–Trinajstić information content (AvgIpc) is 3.30. The van der Waals surface area contributed by atoms with Crippen molar-refractivity contribution in [3.8, 4) is 6.07 Å². The number of imidazole rings is 1. The van der Waals surface area contributed by atoms with Gasteiger partial charge >= 0.3 is 0 Å². The van der Waals surface area contributed by atoms with Crippen LogP contribution in [0.1, 0.15) is 41.7 Å². The maximum absolute atomic E-state index is 9.70. The van der Waals surface area contributed by atoms with Crippen LogP contribution in [0, 0.1) is 25.2 Å². The number of fused-ring (bicyclic) bond motifs is 1. The van der Waals surface area contributed by atoms with E-state index < -0.39 is 0 Å². The summed E-state index contributed by atoms with van der Waals surface area (Å²) in [7, 11) is 1.96. The van der Waals surface area contributed by atoms with Crippen LogP contribution in [0.5, 0.6) is 0 Å². The summed E-state index contributed by atoms with van der Waals surface area (Å²) in [6.07, 6.45) is 4.49. The summed E-state index contributed by atoms with van der Waals surface area (Å²) < 4.78 is 4.39. The average molecular weight is 316 g/mol. The fraction of sp³-hybridized carbons (Fsp3) is 0.300. The number of hydrogen-bond donors (Lipinski definition) is 0. The first-order valence-corrected chi connectivity index (χ1v) is 8.32. The molecule has 2 heterocycles. The predicted octanol–water partition coefficient (Wildman–Crippen LogP) is 4.39. The Morgan fingerprint density at radius 1 is 1.29 bits per heavy atom. The summed E-state index contributed by atoms with van der Waals surface area (Å²) in [4.78, 5) is 4.65. The van der Waals surface area contributed by atoms with Crippen molar-refractivity contribution >= 4 is 22.7 Å². The molecule has 0 saturated heterocycles. The molecule has 120 valence electrons. The van der Waals surface area contributed by atoms with Crippen LogP contribution in [0.2, 0.25) is 0 Å². The number of aryl methyl sites for hydroxylation is 2. The second-order valence-electron chi connectivity index (χ2n) is 6.58. The number of aromatic nitrogens is 3. The molecule has 4 rings (SSSR count). The predicted molar refractivity (Wildman–Crippen MR) is 96.4 cm³/mol. The lowest BCUT2D eigenvalue weighted by molar-refractivity contribution is 0.699. The van der Waals surface area contributed by atoms with Crippen LogP contribution in [0.3, 0.4) is 0 Å². The molecule has 0 amide bonds. The van der Waals surface area contributed by atoms with Gasteiger partial charge in [0.25, 0.3) is 0 Å². The third kappa shape index (κ3) is 2.25. The van der Waals surface area contributed by atoms with E-state index in [1.165, 1.54) is 24.2 Å².